The molecule has 0 saturated heterocycles. The Bertz CT molecular complexity index is 865. The van der Waals surface area contributed by atoms with Crippen molar-refractivity contribution in [2.75, 3.05) is 32.5 Å². The second-order valence-electron chi connectivity index (χ2n) is 6.76. The predicted molar refractivity (Wildman–Crippen MR) is 112 cm³/mol. The lowest BCUT2D eigenvalue weighted by Crippen LogP contribution is -2.31. The van der Waals surface area contributed by atoms with Gasteiger partial charge in [0.05, 0.1) is 4.92 Å². The van der Waals surface area contributed by atoms with Crippen LogP contribution in [0, 0.1) is 10.1 Å². The van der Waals surface area contributed by atoms with E-state index >= 15 is 0 Å². The number of nitrogens with one attached hydrogen (secondary N) is 1. The summed E-state index contributed by atoms with van der Waals surface area (Å²) >= 11 is 0. The molecule has 0 aliphatic rings. The zero-order valence-electron chi connectivity index (χ0n) is 16.9. The van der Waals surface area contributed by atoms with Crippen LogP contribution in [0.25, 0.3) is 0 Å². The van der Waals surface area contributed by atoms with Crippen molar-refractivity contribution in [3.05, 3.63) is 69.8 Å². The number of amides is 2. The third-order valence-corrected chi connectivity index (χ3v) is 4.47. The highest BCUT2D eigenvalue weighted by molar-refractivity contribution is 5.93. The van der Waals surface area contributed by atoms with E-state index in [1.165, 1.54) is 11.0 Å². The first-order valence-corrected chi connectivity index (χ1v) is 9.39. The van der Waals surface area contributed by atoms with Gasteiger partial charge in [0.1, 0.15) is 5.69 Å². The van der Waals surface area contributed by atoms with E-state index in [4.69, 9.17) is 0 Å². The maximum Gasteiger partial charge on any atom is 0.292 e. The van der Waals surface area contributed by atoms with Gasteiger partial charge in [-0.15, -0.1) is 0 Å². The fourth-order valence-corrected chi connectivity index (χ4v) is 2.85. The molecule has 154 valence electrons. The molecule has 8 heteroatoms. The van der Waals surface area contributed by atoms with Crippen molar-refractivity contribution in [3.63, 3.8) is 0 Å². The Kier molecular flexibility index (Phi) is 7.70. The van der Waals surface area contributed by atoms with Crippen molar-refractivity contribution < 1.29 is 14.5 Å². The number of hydrogen-bond acceptors (Lipinski definition) is 5. The minimum absolute atomic E-state index is 0.0142. The molecule has 1 N–H and O–H groups in total. The van der Waals surface area contributed by atoms with Crippen LogP contribution < -0.4 is 5.32 Å². The van der Waals surface area contributed by atoms with Crippen molar-refractivity contribution in [2.24, 2.45) is 0 Å². The van der Waals surface area contributed by atoms with Gasteiger partial charge in [-0.25, -0.2) is 0 Å². The van der Waals surface area contributed by atoms with Gasteiger partial charge in [0.25, 0.3) is 11.6 Å². The molecular formula is C21H26N4O4. The molecule has 0 unspecified atom stereocenters. The van der Waals surface area contributed by atoms with Gasteiger partial charge in [-0.05, 0) is 30.7 Å². The summed E-state index contributed by atoms with van der Waals surface area (Å²) in [5.41, 5.74) is 1.91. The van der Waals surface area contributed by atoms with Crippen LogP contribution in [0.2, 0.25) is 0 Å². The van der Waals surface area contributed by atoms with Crippen LogP contribution in [-0.2, 0) is 11.3 Å². The zero-order chi connectivity index (χ0) is 21.4. The van der Waals surface area contributed by atoms with Gasteiger partial charge in [-0.1, -0.05) is 24.3 Å². The van der Waals surface area contributed by atoms with Gasteiger partial charge in [-0.3, -0.25) is 19.7 Å². The molecule has 0 aromatic heterocycles. The zero-order valence-corrected chi connectivity index (χ0v) is 16.9. The molecule has 0 atom stereocenters. The minimum atomic E-state index is -0.451. The first-order chi connectivity index (χ1) is 13.8. The summed E-state index contributed by atoms with van der Waals surface area (Å²) in [6, 6.07) is 13.6. The largest absolute Gasteiger partial charge is 0.379 e. The molecule has 0 heterocycles. The van der Waals surface area contributed by atoms with Crippen LogP contribution in [0.1, 0.15) is 29.3 Å². The first kappa shape index (κ1) is 21.9. The van der Waals surface area contributed by atoms with Gasteiger partial charge in [0.15, 0.2) is 0 Å². The second kappa shape index (κ2) is 10.2. The van der Waals surface area contributed by atoms with E-state index in [9.17, 15) is 19.7 Å². The number of nitro benzene ring substituents is 1. The number of benzene rings is 2. The number of carbonyl (C=O) groups is 2. The molecule has 0 aliphatic heterocycles. The SMILES string of the molecule is CCN(Cc1ccc(C(=O)N(C)C)cc1)C(=O)CCNc1ccccc1[N+](=O)[O-]. The molecule has 8 nitrogen and oxygen atoms in total. The highest BCUT2D eigenvalue weighted by Gasteiger charge is 2.15. The number of carbonyl (C=O) groups excluding carboxylic acids is 2. The Labute approximate surface area is 170 Å². The van der Waals surface area contributed by atoms with Crippen LogP contribution in [0.3, 0.4) is 0 Å². The summed E-state index contributed by atoms with van der Waals surface area (Å²) in [6.07, 6.45) is 0.219. The molecule has 2 amide bonds. The van der Waals surface area contributed by atoms with E-state index < -0.39 is 4.92 Å². The Hall–Kier alpha value is -3.42. The van der Waals surface area contributed by atoms with E-state index in [2.05, 4.69) is 5.32 Å². The lowest BCUT2D eigenvalue weighted by molar-refractivity contribution is -0.384. The average Bonchev–Trinajstić information content (AvgIpc) is 2.71. The van der Waals surface area contributed by atoms with E-state index in [1.807, 2.05) is 19.1 Å². The van der Waals surface area contributed by atoms with E-state index in [0.717, 1.165) is 5.56 Å². The third-order valence-electron chi connectivity index (χ3n) is 4.47. The average molecular weight is 398 g/mol. The van der Waals surface area contributed by atoms with E-state index in [0.29, 0.717) is 30.9 Å². The molecule has 0 radical (unpaired) electrons. The van der Waals surface area contributed by atoms with Gasteiger partial charge < -0.3 is 15.1 Å². The lowest BCUT2D eigenvalue weighted by atomic mass is 10.1. The van der Waals surface area contributed by atoms with Crippen molar-refractivity contribution in [2.45, 2.75) is 19.9 Å². The summed E-state index contributed by atoms with van der Waals surface area (Å²) in [6.45, 7) is 3.19. The number of para-hydroxylation sites is 2. The van der Waals surface area contributed by atoms with Crippen molar-refractivity contribution in [1.82, 2.24) is 9.80 Å². The predicted octanol–water partition coefficient (Wildman–Crippen LogP) is 3.15. The summed E-state index contributed by atoms with van der Waals surface area (Å²) < 4.78 is 0. The normalized spacial score (nSPS) is 10.3. The summed E-state index contributed by atoms with van der Waals surface area (Å²) in [4.78, 5) is 38.3. The van der Waals surface area contributed by atoms with Gasteiger partial charge in [0, 0.05) is 51.8 Å². The lowest BCUT2D eigenvalue weighted by Gasteiger charge is -2.21. The number of hydrogen-bond donors (Lipinski definition) is 1. The number of nitro groups is 1. The summed E-state index contributed by atoms with van der Waals surface area (Å²) in [7, 11) is 3.40. The molecule has 2 aromatic rings. The van der Waals surface area contributed by atoms with Crippen molar-refractivity contribution in [1.29, 1.82) is 0 Å². The molecule has 2 aromatic carbocycles. The fraction of sp³-hybridized carbons (Fsp3) is 0.333. The monoisotopic (exact) mass is 398 g/mol. The van der Waals surface area contributed by atoms with Crippen molar-refractivity contribution >= 4 is 23.2 Å². The van der Waals surface area contributed by atoms with Crippen LogP contribution in [-0.4, -0.2) is 53.7 Å². The minimum Gasteiger partial charge on any atom is -0.379 e. The molecular weight excluding hydrogens is 372 g/mol. The Morgan fingerprint density at radius 3 is 2.31 bits per heavy atom. The van der Waals surface area contributed by atoms with E-state index in [-0.39, 0.29) is 23.9 Å². The van der Waals surface area contributed by atoms with Gasteiger partial charge in [-0.2, -0.15) is 0 Å². The van der Waals surface area contributed by atoms with Crippen LogP contribution in [0.15, 0.2) is 48.5 Å². The third kappa shape index (κ3) is 6.03. The smallest absolute Gasteiger partial charge is 0.292 e. The van der Waals surface area contributed by atoms with Crippen molar-refractivity contribution in [3.8, 4) is 0 Å². The maximum atomic E-state index is 12.5. The highest BCUT2D eigenvalue weighted by Crippen LogP contribution is 2.23. The summed E-state index contributed by atoms with van der Waals surface area (Å²) in [5, 5.41) is 14.0. The fourth-order valence-electron chi connectivity index (χ4n) is 2.85. The number of nitrogens with zero attached hydrogens (tertiary/aromatic N) is 3. The van der Waals surface area contributed by atoms with Crippen LogP contribution in [0.5, 0.6) is 0 Å². The molecule has 0 spiro atoms. The number of rotatable bonds is 9. The first-order valence-electron chi connectivity index (χ1n) is 9.39. The molecule has 0 bridgehead atoms. The Balaban J connectivity index is 1.92. The molecule has 2 rings (SSSR count). The van der Waals surface area contributed by atoms with Crippen LogP contribution in [0.4, 0.5) is 11.4 Å². The van der Waals surface area contributed by atoms with Gasteiger partial charge >= 0.3 is 0 Å². The maximum absolute atomic E-state index is 12.5. The Morgan fingerprint density at radius 1 is 1.07 bits per heavy atom. The van der Waals surface area contributed by atoms with Crippen LogP contribution >= 0.6 is 0 Å². The highest BCUT2D eigenvalue weighted by atomic mass is 16.6. The quantitative estimate of drug-likeness (QED) is 0.517. The van der Waals surface area contributed by atoms with Gasteiger partial charge in [0.2, 0.25) is 5.91 Å². The summed E-state index contributed by atoms with van der Waals surface area (Å²) in [5.74, 6) is -0.118. The molecule has 0 saturated carbocycles. The standard InChI is InChI=1S/C21H26N4O4/c1-4-24(15-16-9-11-17(12-10-16)21(27)23(2)3)20(26)13-14-22-18-7-5-6-8-19(18)25(28)29/h5-12,22H,4,13-15H2,1-3H3. The molecule has 0 fully saturated rings. The molecule has 29 heavy (non-hydrogen) atoms. The second-order valence-corrected chi connectivity index (χ2v) is 6.76. The Morgan fingerprint density at radius 2 is 1.72 bits per heavy atom. The van der Waals surface area contributed by atoms with E-state index in [1.54, 1.807) is 49.3 Å². The topological polar surface area (TPSA) is 95.8 Å². The number of anilines is 1. The molecule has 0 aliphatic carbocycles.